The summed E-state index contributed by atoms with van der Waals surface area (Å²) in [6.45, 7) is 4.30. The van der Waals surface area contributed by atoms with Gasteiger partial charge in [-0.15, -0.1) is 0 Å². The van der Waals surface area contributed by atoms with Crippen LogP contribution in [-0.2, 0) is 23.1 Å². The summed E-state index contributed by atoms with van der Waals surface area (Å²) in [6.07, 6.45) is 6.80. The third-order valence-corrected chi connectivity index (χ3v) is 5.76. The molecule has 136 valence electrons. The zero-order chi connectivity index (χ0) is 17.4. The van der Waals surface area contributed by atoms with Gasteiger partial charge in [0.05, 0.1) is 24.8 Å². The smallest absolute Gasteiger partial charge is 0.230 e. The number of aryl methyl sites for hydroxylation is 1. The molecule has 4 rings (SSSR count). The maximum Gasteiger partial charge on any atom is 0.230 e. The summed E-state index contributed by atoms with van der Waals surface area (Å²) in [5.41, 5.74) is 0.717. The number of rotatable bonds is 3. The molecule has 2 atom stereocenters. The van der Waals surface area contributed by atoms with E-state index in [1.54, 1.807) is 15.7 Å². The molecule has 25 heavy (non-hydrogen) atoms. The second kappa shape index (κ2) is 6.53. The van der Waals surface area contributed by atoms with E-state index in [2.05, 4.69) is 10.00 Å². The Hall–Kier alpha value is -1.73. The standard InChI is InChI=1S/C18H25FN4O2/c1-21-8-14(7-20-21)9-22-10-15-12-25-6-4-18(15,13-22)17(24)23-5-2-3-16(19)11-23/h3,7-8,15H,2,4-6,9-13H2,1H3. The minimum atomic E-state index is -0.432. The molecule has 2 fully saturated rings. The van der Waals surface area contributed by atoms with Crippen molar-refractivity contribution >= 4 is 5.91 Å². The average molecular weight is 348 g/mol. The van der Waals surface area contributed by atoms with Gasteiger partial charge in [-0.3, -0.25) is 14.4 Å². The first-order chi connectivity index (χ1) is 12.1. The first-order valence-corrected chi connectivity index (χ1v) is 8.98. The number of ether oxygens (including phenoxy) is 1. The highest BCUT2D eigenvalue weighted by atomic mass is 19.1. The second-order valence-corrected chi connectivity index (χ2v) is 7.54. The zero-order valence-electron chi connectivity index (χ0n) is 14.7. The molecule has 0 bridgehead atoms. The molecule has 0 saturated carbocycles. The Labute approximate surface area is 147 Å². The first kappa shape index (κ1) is 16.7. The molecule has 3 aliphatic heterocycles. The molecular formula is C18H25FN4O2. The minimum absolute atomic E-state index is 0.109. The van der Waals surface area contributed by atoms with E-state index >= 15 is 0 Å². The number of nitrogens with zero attached hydrogens (tertiary/aromatic N) is 4. The van der Waals surface area contributed by atoms with Crippen LogP contribution in [0.15, 0.2) is 24.3 Å². The number of hydrogen-bond donors (Lipinski definition) is 0. The molecule has 6 nitrogen and oxygen atoms in total. The van der Waals surface area contributed by atoms with Gasteiger partial charge in [0.25, 0.3) is 0 Å². The molecule has 4 heterocycles. The molecule has 2 unspecified atom stereocenters. The SMILES string of the molecule is Cn1cc(CN2CC3COCCC3(C(=O)N3CCC=C(F)C3)C2)cn1. The zero-order valence-corrected chi connectivity index (χ0v) is 14.7. The topological polar surface area (TPSA) is 50.6 Å². The molecule has 1 amide bonds. The van der Waals surface area contributed by atoms with Crippen LogP contribution >= 0.6 is 0 Å². The quantitative estimate of drug-likeness (QED) is 0.827. The van der Waals surface area contributed by atoms with Crippen LogP contribution in [0, 0.1) is 11.3 Å². The predicted molar refractivity (Wildman–Crippen MR) is 90.2 cm³/mol. The fraction of sp³-hybridized carbons (Fsp3) is 0.667. The van der Waals surface area contributed by atoms with E-state index < -0.39 is 5.41 Å². The van der Waals surface area contributed by atoms with Gasteiger partial charge in [-0.05, 0) is 18.9 Å². The highest BCUT2D eigenvalue weighted by Crippen LogP contribution is 2.44. The van der Waals surface area contributed by atoms with Crippen LogP contribution < -0.4 is 0 Å². The van der Waals surface area contributed by atoms with E-state index in [-0.39, 0.29) is 24.2 Å². The van der Waals surface area contributed by atoms with Crippen molar-refractivity contribution in [2.45, 2.75) is 19.4 Å². The third-order valence-electron chi connectivity index (χ3n) is 5.76. The lowest BCUT2D eigenvalue weighted by Gasteiger charge is -2.41. The summed E-state index contributed by atoms with van der Waals surface area (Å²) in [6, 6.07) is 0. The summed E-state index contributed by atoms with van der Waals surface area (Å²) >= 11 is 0. The first-order valence-electron chi connectivity index (χ1n) is 8.98. The van der Waals surface area contributed by atoms with Crippen molar-refractivity contribution in [1.82, 2.24) is 19.6 Å². The Kier molecular flexibility index (Phi) is 4.37. The molecule has 0 N–H and O–H groups in total. The highest BCUT2D eigenvalue weighted by Gasteiger charge is 2.54. The summed E-state index contributed by atoms with van der Waals surface area (Å²) in [5, 5.41) is 4.23. The van der Waals surface area contributed by atoms with Crippen LogP contribution in [0.5, 0.6) is 0 Å². The van der Waals surface area contributed by atoms with E-state index in [9.17, 15) is 9.18 Å². The summed E-state index contributed by atoms with van der Waals surface area (Å²) in [4.78, 5) is 17.4. The van der Waals surface area contributed by atoms with Crippen molar-refractivity contribution in [3.05, 3.63) is 29.9 Å². The van der Waals surface area contributed by atoms with Crippen LogP contribution in [0.3, 0.4) is 0 Å². The number of amides is 1. The van der Waals surface area contributed by atoms with Crippen molar-refractivity contribution in [1.29, 1.82) is 0 Å². The lowest BCUT2D eigenvalue weighted by atomic mass is 9.73. The Balaban J connectivity index is 1.53. The summed E-state index contributed by atoms with van der Waals surface area (Å²) in [5.74, 6) is 0.0990. The lowest BCUT2D eigenvalue weighted by Crippen LogP contribution is -2.53. The Morgan fingerprint density at radius 2 is 2.40 bits per heavy atom. The molecule has 3 aliphatic rings. The van der Waals surface area contributed by atoms with E-state index in [1.165, 1.54) is 0 Å². The normalized spacial score (nSPS) is 30.2. The maximum atomic E-state index is 13.7. The number of fused-ring (bicyclic) bond motifs is 1. The van der Waals surface area contributed by atoms with E-state index in [0.717, 1.165) is 31.6 Å². The number of carbonyl (C=O) groups excluding carboxylic acids is 1. The van der Waals surface area contributed by atoms with E-state index in [4.69, 9.17) is 4.74 Å². The number of carbonyl (C=O) groups is 1. The number of likely N-dealkylation sites (tertiary alicyclic amines) is 1. The lowest BCUT2D eigenvalue weighted by molar-refractivity contribution is -0.150. The molecule has 0 aliphatic carbocycles. The number of hydrogen-bond acceptors (Lipinski definition) is 4. The van der Waals surface area contributed by atoms with Crippen LogP contribution in [0.4, 0.5) is 4.39 Å². The van der Waals surface area contributed by atoms with Gasteiger partial charge in [0, 0.05) is 57.5 Å². The Morgan fingerprint density at radius 3 is 3.16 bits per heavy atom. The fourth-order valence-corrected chi connectivity index (χ4v) is 4.53. The van der Waals surface area contributed by atoms with Crippen LogP contribution in [0.1, 0.15) is 18.4 Å². The second-order valence-electron chi connectivity index (χ2n) is 7.54. The summed E-state index contributed by atoms with van der Waals surface area (Å²) < 4.78 is 21.2. The Bertz CT molecular complexity index is 688. The monoisotopic (exact) mass is 348 g/mol. The largest absolute Gasteiger partial charge is 0.381 e. The number of aromatic nitrogens is 2. The average Bonchev–Trinajstić information content (AvgIpc) is 3.17. The van der Waals surface area contributed by atoms with Gasteiger partial charge in [-0.25, -0.2) is 4.39 Å². The van der Waals surface area contributed by atoms with Crippen LogP contribution in [-0.4, -0.2) is 64.9 Å². The highest BCUT2D eigenvalue weighted by molar-refractivity contribution is 5.84. The molecule has 1 aromatic heterocycles. The van der Waals surface area contributed by atoms with Gasteiger partial charge in [0.1, 0.15) is 5.83 Å². The third kappa shape index (κ3) is 3.11. The molecular weight excluding hydrogens is 323 g/mol. The van der Waals surface area contributed by atoms with Crippen molar-refractivity contribution < 1.29 is 13.9 Å². The van der Waals surface area contributed by atoms with E-state index in [1.807, 2.05) is 19.4 Å². The van der Waals surface area contributed by atoms with Gasteiger partial charge in [0.2, 0.25) is 5.91 Å². The molecule has 0 aromatic carbocycles. The van der Waals surface area contributed by atoms with Crippen molar-refractivity contribution in [3.63, 3.8) is 0 Å². The van der Waals surface area contributed by atoms with Gasteiger partial charge in [-0.1, -0.05) is 0 Å². The van der Waals surface area contributed by atoms with Crippen molar-refractivity contribution in [2.24, 2.45) is 18.4 Å². The van der Waals surface area contributed by atoms with Gasteiger partial charge in [-0.2, -0.15) is 5.10 Å². The van der Waals surface area contributed by atoms with Crippen molar-refractivity contribution in [2.75, 3.05) is 39.4 Å². The van der Waals surface area contributed by atoms with Crippen LogP contribution in [0.25, 0.3) is 0 Å². The number of halogens is 1. The van der Waals surface area contributed by atoms with E-state index in [0.29, 0.717) is 26.2 Å². The van der Waals surface area contributed by atoms with Gasteiger partial charge < -0.3 is 9.64 Å². The predicted octanol–water partition coefficient (Wildman–Crippen LogP) is 1.34. The Morgan fingerprint density at radius 1 is 1.52 bits per heavy atom. The molecule has 2 saturated heterocycles. The van der Waals surface area contributed by atoms with Crippen molar-refractivity contribution in [3.8, 4) is 0 Å². The fourth-order valence-electron chi connectivity index (χ4n) is 4.53. The summed E-state index contributed by atoms with van der Waals surface area (Å²) in [7, 11) is 1.91. The van der Waals surface area contributed by atoms with Gasteiger partial charge in [0.15, 0.2) is 0 Å². The molecule has 1 aromatic rings. The molecule has 7 heteroatoms. The molecule has 0 radical (unpaired) electrons. The molecule has 0 spiro atoms. The van der Waals surface area contributed by atoms with Crippen LogP contribution in [0.2, 0.25) is 0 Å². The maximum absolute atomic E-state index is 13.7. The minimum Gasteiger partial charge on any atom is -0.381 e. The van der Waals surface area contributed by atoms with Gasteiger partial charge >= 0.3 is 0 Å².